The molecule has 0 heterocycles. The van der Waals surface area contributed by atoms with Crippen molar-refractivity contribution in [1.29, 1.82) is 0 Å². The van der Waals surface area contributed by atoms with Crippen LogP contribution in [0.4, 0.5) is 4.39 Å². The summed E-state index contributed by atoms with van der Waals surface area (Å²) in [4.78, 5) is 0.203. The van der Waals surface area contributed by atoms with Gasteiger partial charge < -0.3 is 0 Å². The molecule has 0 N–H and O–H groups in total. The number of rotatable bonds is 0. The Morgan fingerprint density at radius 1 is 1.30 bits per heavy atom. The molecule has 1 aromatic rings. The van der Waals surface area contributed by atoms with Gasteiger partial charge in [-0.05, 0) is 12.1 Å². The molecule has 0 fully saturated rings. The number of thiol groups is 1. The smallest absolute Gasteiger partial charge is 0.156 e. The zero-order chi connectivity index (χ0) is 7.72. The van der Waals surface area contributed by atoms with Crippen molar-refractivity contribution in [3.05, 3.63) is 28.0 Å². The first-order chi connectivity index (χ1) is 4.63. The van der Waals surface area contributed by atoms with Gasteiger partial charge in [0, 0.05) is 4.90 Å². The highest BCUT2D eigenvalue weighted by Gasteiger charge is 2.06. The third-order valence-corrected chi connectivity index (χ3v) is 2.14. The van der Waals surface area contributed by atoms with Gasteiger partial charge in [-0.2, -0.15) is 0 Å². The second-order valence-electron chi connectivity index (χ2n) is 1.69. The fraction of sp³-hybridized carbons (Fsp3) is 0. The summed E-state index contributed by atoms with van der Waals surface area (Å²) in [6, 6.07) is 2.95. The standard InChI is InChI=1S/C6H3Cl2FS/c7-3-1-2-4(10)6(9)5(3)8/h1-2,10H. The van der Waals surface area contributed by atoms with Crippen LogP contribution < -0.4 is 0 Å². The van der Waals surface area contributed by atoms with Crippen molar-refractivity contribution in [3.8, 4) is 0 Å². The summed E-state index contributed by atoms with van der Waals surface area (Å²) < 4.78 is 12.7. The van der Waals surface area contributed by atoms with Crippen molar-refractivity contribution in [2.75, 3.05) is 0 Å². The summed E-state index contributed by atoms with van der Waals surface area (Å²) >= 11 is 14.7. The molecule has 0 aliphatic heterocycles. The molecule has 54 valence electrons. The maximum Gasteiger partial charge on any atom is 0.156 e. The Balaban J connectivity index is 3.34. The van der Waals surface area contributed by atoms with Gasteiger partial charge >= 0.3 is 0 Å². The fourth-order valence-electron chi connectivity index (χ4n) is 0.516. The molecular weight excluding hydrogens is 194 g/mol. The van der Waals surface area contributed by atoms with E-state index in [1.54, 1.807) is 0 Å². The molecule has 0 bridgehead atoms. The van der Waals surface area contributed by atoms with E-state index in [-0.39, 0.29) is 14.9 Å². The van der Waals surface area contributed by atoms with Gasteiger partial charge in [0.2, 0.25) is 0 Å². The largest absolute Gasteiger partial charge is 0.204 e. The summed E-state index contributed by atoms with van der Waals surface area (Å²) in [6.07, 6.45) is 0. The minimum absolute atomic E-state index is 0.0748. The maximum absolute atomic E-state index is 12.7. The zero-order valence-corrected chi connectivity index (χ0v) is 7.14. The first kappa shape index (κ1) is 8.18. The summed E-state index contributed by atoms with van der Waals surface area (Å²) in [5.41, 5.74) is 0. The van der Waals surface area contributed by atoms with Crippen molar-refractivity contribution < 1.29 is 4.39 Å². The van der Waals surface area contributed by atoms with Crippen LogP contribution in [0.2, 0.25) is 10.0 Å². The number of halogens is 3. The average Bonchev–Trinajstić information content (AvgIpc) is 1.93. The fourth-order valence-corrected chi connectivity index (χ4v) is 1.08. The topological polar surface area (TPSA) is 0 Å². The SMILES string of the molecule is Fc1c(S)ccc(Cl)c1Cl. The van der Waals surface area contributed by atoms with E-state index in [0.717, 1.165) is 0 Å². The van der Waals surface area contributed by atoms with Gasteiger partial charge in [0.1, 0.15) is 0 Å². The number of benzene rings is 1. The van der Waals surface area contributed by atoms with Crippen LogP contribution in [0.25, 0.3) is 0 Å². The van der Waals surface area contributed by atoms with Crippen LogP contribution >= 0.6 is 35.8 Å². The van der Waals surface area contributed by atoms with Gasteiger partial charge in [0.05, 0.1) is 10.0 Å². The van der Waals surface area contributed by atoms with Crippen LogP contribution in [0.1, 0.15) is 0 Å². The molecule has 0 amide bonds. The lowest BCUT2D eigenvalue weighted by molar-refractivity contribution is 0.603. The van der Waals surface area contributed by atoms with Crippen molar-refractivity contribution in [2.45, 2.75) is 4.90 Å². The maximum atomic E-state index is 12.7. The van der Waals surface area contributed by atoms with E-state index in [2.05, 4.69) is 12.6 Å². The summed E-state index contributed by atoms with van der Waals surface area (Å²) in [5.74, 6) is -0.572. The van der Waals surface area contributed by atoms with Crippen LogP contribution in [0, 0.1) is 5.82 Å². The Morgan fingerprint density at radius 3 is 2.40 bits per heavy atom. The molecular formula is C6H3Cl2FS. The van der Waals surface area contributed by atoms with Gasteiger partial charge in [-0.25, -0.2) is 4.39 Å². The van der Waals surface area contributed by atoms with Crippen LogP contribution in [0.15, 0.2) is 17.0 Å². The van der Waals surface area contributed by atoms with Crippen molar-refractivity contribution in [3.63, 3.8) is 0 Å². The molecule has 0 aromatic heterocycles. The second-order valence-corrected chi connectivity index (χ2v) is 2.96. The van der Waals surface area contributed by atoms with Gasteiger partial charge in [0.25, 0.3) is 0 Å². The molecule has 4 heteroatoms. The molecule has 0 unspecified atom stereocenters. The highest BCUT2D eigenvalue weighted by Crippen LogP contribution is 2.28. The Labute approximate surface area is 73.4 Å². The number of hydrogen-bond acceptors (Lipinski definition) is 1. The third-order valence-electron chi connectivity index (χ3n) is 1.01. The molecule has 0 aliphatic carbocycles. The Kier molecular flexibility index (Phi) is 2.45. The van der Waals surface area contributed by atoms with Crippen LogP contribution in [0.3, 0.4) is 0 Å². The molecule has 0 nitrogen and oxygen atoms in total. The van der Waals surface area contributed by atoms with Crippen molar-refractivity contribution in [2.24, 2.45) is 0 Å². The normalized spacial score (nSPS) is 10.0. The summed E-state index contributed by atoms with van der Waals surface area (Å²) in [7, 11) is 0. The van der Waals surface area contributed by atoms with Crippen molar-refractivity contribution >= 4 is 35.8 Å². The summed E-state index contributed by atoms with van der Waals surface area (Å²) in [5, 5.41) is 0.131. The lowest BCUT2D eigenvalue weighted by Crippen LogP contribution is -1.79. The monoisotopic (exact) mass is 196 g/mol. The molecule has 0 radical (unpaired) electrons. The molecule has 1 rings (SSSR count). The first-order valence-corrected chi connectivity index (χ1v) is 3.65. The van der Waals surface area contributed by atoms with E-state index in [1.165, 1.54) is 12.1 Å². The predicted octanol–water partition coefficient (Wildman–Crippen LogP) is 3.42. The molecule has 0 atom stereocenters. The van der Waals surface area contributed by atoms with Crippen LogP contribution in [-0.4, -0.2) is 0 Å². The molecule has 0 aliphatic rings. The molecule has 0 saturated heterocycles. The van der Waals surface area contributed by atoms with Crippen LogP contribution in [0.5, 0.6) is 0 Å². The highest BCUT2D eigenvalue weighted by atomic mass is 35.5. The van der Waals surface area contributed by atoms with E-state index in [9.17, 15) is 4.39 Å². The predicted molar refractivity (Wildman–Crippen MR) is 43.7 cm³/mol. The van der Waals surface area contributed by atoms with E-state index >= 15 is 0 Å². The van der Waals surface area contributed by atoms with Gasteiger partial charge in [-0.15, -0.1) is 12.6 Å². The van der Waals surface area contributed by atoms with Gasteiger partial charge in [0.15, 0.2) is 5.82 Å². The van der Waals surface area contributed by atoms with Gasteiger partial charge in [-0.3, -0.25) is 0 Å². The van der Waals surface area contributed by atoms with E-state index < -0.39 is 5.82 Å². The Morgan fingerprint density at radius 2 is 1.90 bits per heavy atom. The lowest BCUT2D eigenvalue weighted by atomic mass is 10.3. The van der Waals surface area contributed by atoms with Crippen LogP contribution in [-0.2, 0) is 0 Å². The quantitative estimate of drug-likeness (QED) is 0.478. The third kappa shape index (κ3) is 1.39. The van der Waals surface area contributed by atoms with Crippen molar-refractivity contribution in [1.82, 2.24) is 0 Å². The van der Waals surface area contributed by atoms with E-state index in [4.69, 9.17) is 23.2 Å². The highest BCUT2D eigenvalue weighted by molar-refractivity contribution is 7.80. The lowest BCUT2D eigenvalue weighted by Gasteiger charge is -1.98. The van der Waals surface area contributed by atoms with E-state index in [0.29, 0.717) is 0 Å². The van der Waals surface area contributed by atoms with E-state index in [1.807, 2.05) is 0 Å². The molecule has 10 heavy (non-hydrogen) atoms. The Hall–Kier alpha value is 0.0800. The minimum atomic E-state index is -0.572. The molecule has 0 spiro atoms. The Bertz CT molecular complexity index is 235. The second kappa shape index (κ2) is 2.99. The number of hydrogen-bond donors (Lipinski definition) is 1. The summed E-state index contributed by atoms with van der Waals surface area (Å²) in [6.45, 7) is 0. The minimum Gasteiger partial charge on any atom is -0.204 e. The first-order valence-electron chi connectivity index (χ1n) is 2.45. The van der Waals surface area contributed by atoms with Gasteiger partial charge in [-0.1, -0.05) is 23.2 Å². The average molecular weight is 197 g/mol. The molecule has 1 aromatic carbocycles. The zero-order valence-electron chi connectivity index (χ0n) is 4.74. The molecule has 0 saturated carbocycles.